The van der Waals surface area contributed by atoms with Gasteiger partial charge in [-0.25, -0.2) is 4.98 Å². The molecule has 0 fully saturated rings. The van der Waals surface area contributed by atoms with Crippen LogP contribution in [0.5, 0.6) is 0 Å². The summed E-state index contributed by atoms with van der Waals surface area (Å²) >= 11 is 0. The topological polar surface area (TPSA) is 46.9 Å². The number of carbonyl (C=O) groups is 1. The SMILES string of the molecule is CNc1cccc(C#Cc2cc3n(c2)CC(C)CC3=O)n1. The van der Waals surface area contributed by atoms with Crippen LogP contribution in [-0.2, 0) is 6.54 Å². The maximum atomic E-state index is 12.0. The first-order valence-corrected chi connectivity index (χ1v) is 7.06. The van der Waals surface area contributed by atoms with Gasteiger partial charge in [0.05, 0.1) is 5.69 Å². The average Bonchev–Trinajstić information content (AvgIpc) is 2.88. The van der Waals surface area contributed by atoms with Gasteiger partial charge >= 0.3 is 0 Å². The molecule has 1 N–H and O–H groups in total. The quantitative estimate of drug-likeness (QED) is 0.816. The van der Waals surface area contributed by atoms with Crippen LogP contribution in [0.4, 0.5) is 5.82 Å². The highest BCUT2D eigenvalue weighted by atomic mass is 16.1. The summed E-state index contributed by atoms with van der Waals surface area (Å²) in [5.74, 6) is 7.53. The standard InChI is InChI=1S/C17H17N3O/c1-12-8-16(21)15-9-13(11-20(15)10-12)6-7-14-4-3-5-17(18-2)19-14/h3-5,9,11-12H,8,10H2,1-2H3,(H,18,19). The van der Waals surface area contributed by atoms with Crippen molar-refractivity contribution in [3.8, 4) is 11.8 Å². The van der Waals surface area contributed by atoms with Crippen LogP contribution in [0.3, 0.4) is 0 Å². The van der Waals surface area contributed by atoms with E-state index in [4.69, 9.17) is 0 Å². The Hall–Kier alpha value is -2.54. The Morgan fingerprint density at radius 1 is 1.38 bits per heavy atom. The van der Waals surface area contributed by atoms with Gasteiger partial charge in [0, 0.05) is 31.8 Å². The third kappa shape index (κ3) is 2.82. The van der Waals surface area contributed by atoms with E-state index >= 15 is 0 Å². The summed E-state index contributed by atoms with van der Waals surface area (Å²) in [5.41, 5.74) is 2.35. The lowest BCUT2D eigenvalue weighted by Crippen LogP contribution is -2.22. The summed E-state index contributed by atoms with van der Waals surface area (Å²) in [5, 5.41) is 2.99. The molecule has 0 radical (unpaired) electrons. The number of pyridine rings is 1. The maximum absolute atomic E-state index is 12.0. The third-order valence-electron chi connectivity index (χ3n) is 3.56. The zero-order valence-corrected chi connectivity index (χ0v) is 12.2. The number of nitrogens with one attached hydrogen (secondary N) is 1. The molecule has 21 heavy (non-hydrogen) atoms. The van der Waals surface area contributed by atoms with Crippen molar-refractivity contribution in [3.05, 3.63) is 47.4 Å². The minimum absolute atomic E-state index is 0.206. The monoisotopic (exact) mass is 279 g/mol. The summed E-state index contributed by atoms with van der Waals surface area (Å²) in [7, 11) is 1.83. The number of rotatable bonds is 1. The van der Waals surface area contributed by atoms with Crippen molar-refractivity contribution in [1.82, 2.24) is 9.55 Å². The van der Waals surface area contributed by atoms with E-state index in [-0.39, 0.29) is 5.78 Å². The van der Waals surface area contributed by atoms with Crippen molar-refractivity contribution in [1.29, 1.82) is 0 Å². The number of fused-ring (bicyclic) bond motifs is 1. The Kier molecular flexibility index (Phi) is 3.49. The lowest BCUT2D eigenvalue weighted by molar-refractivity contribution is 0.0929. The summed E-state index contributed by atoms with van der Waals surface area (Å²) in [6.45, 7) is 2.98. The van der Waals surface area contributed by atoms with Crippen molar-refractivity contribution in [3.63, 3.8) is 0 Å². The number of ketones is 1. The van der Waals surface area contributed by atoms with E-state index < -0.39 is 0 Å². The highest BCUT2D eigenvalue weighted by Crippen LogP contribution is 2.21. The van der Waals surface area contributed by atoms with Crippen molar-refractivity contribution in [2.24, 2.45) is 5.92 Å². The number of Topliss-reactive ketones (excluding diaryl/α,β-unsaturated/α-hetero) is 1. The zero-order valence-electron chi connectivity index (χ0n) is 12.2. The Labute approximate surface area is 124 Å². The molecule has 4 heteroatoms. The van der Waals surface area contributed by atoms with Crippen LogP contribution in [0.15, 0.2) is 30.5 Å². The average molecular weight is 279 g/mol. The smallest absolute Gasteiger partial charge is 0.179 e. The second kappa shape index (κ2) is 5.45. The molecule has 1 aliphatic rings. The predicted molar refractivity (Wildman–Crippen MR) is 82.3 cm³/mol. The lowest BCUT2D eigenvalue weighted by Gasteiger charge is -2.19. The van der Waals surface area contributed by atoms with E-state index in [9.17, 15) is 4.79 Å². The van der Waals surface area contributed by atoms with Crippen molar-refractivity contribution < 1.29 is 4.79 Å². The van der Waals surface area contributed by atoms with Gasteiger partial charge in [-0.15, -0.1) is 0 Å². The van der Waals surface area contributed by atoms with Crippen LogP contribution in [0.1, 0.15) is 35.1 Å². The van der Waals surface area contributed by atoms with E-state index in [0.717, 1.165) is 23.6 Å². The summed E-state index contributed by atoms with van der Waals surface area (Å²) in [6, 6.07) is 7.56. The Balaban J connectivity index is 1.88. The highest BCUT2D eigenvalue weighted by Gasteiger charge is 2.22. The van der Waals surface area contributed by atoms with Crippen molar-refractivity contribution >= 4 is 11.6 Å². The molecular formula is C17H17N3O. The van der Waals surface area contributed by atoms with Crippen LogP contribution >= 0.6 is 0 Å². The van der Waals surface area contributed by atoms with Gasteiger partial charge in [0.2, 0.25) is 0 Å². The highest BCUT2D eigenvalue weighted by molar-refractivity contribution is 5.95. The number of hydrogen-bond donors (Lipinski definition) is 1. The van der Waals surface area contributed by atoms with Gasteiger partial charge < -0.3 is 9.88 Å². The van der Waals surface area contributed by atoms with Gasteiger partial charge in [-0.3, -0.25) is 4.79 Å². The van der Waals surface area contributed by atoms with E-state index in [0.29, 0.717) is 18.0 Å². The second-order valence-electron chi connectivity index (χ2n) is 5.41. The summed E-state index contributed by atoms with van der Waals surface area (Å²) in [4.78, 5) is 16.3. The molecule has 106 valence electrons. The van der Waals surface area contributed by atoms with Crippen molar-refractivity contribution in [2.45, 2.75) is 19.9 Å². The first kappa shape index (κ1) is 13.4. The van der Waals surface area contributed by atoms with Crippen LogP contribution in [0.2, 0.25) is 0 Å². The molecule has 1 aliphatic heterocycles. The molecule has 0 bridgehead atoms. The first-order chi connectivity index (χ1) is 10.2. The molecule has 0 saturated carbocycles. The summed E-state index contributed by atoms with van der Waals surface area (Å²) in [6.07, 6.45) is 2.58. The molecule has 3 heterocycles. The lowest BCUT2D eigenvalue weighted by atomic mass is 9.99. The van der Waals surface area contributed by atoms with Gasteiger partial charge in [0.15, 0.2) is 5.78 Å². The third-order valence-corrected chi connectivity index (χ3v) is 3.56. The van der Waals surface area contributed by atoms with Gasteiger partial charge in [-0.2, -0.15) is 0 Å². The van der Waals surface area contributed by atoms with Gasteiger partial charge in [-0.05, 0) is 30.0 Å². The Bertz CT molecular complexity index is 749. The second-order valence-corrected chi connectivity index (χ2v) is 5.41. The minimum Gasteiger partial charge on any atom is -0.373 e. The molecule has 0 amide bonds. The largest absolute Gasteiger partial charge is 0.373 e. The predicted octanol–water partition coefficient (Wildman–Crippen LogP) is 2.55. The Morgan fingerprint density at radius 2 is 2.24 bits per heavy atom. The van der Waals surface area contributed by atoms with Crippen LogP contribution in [0.25, 0.3) is 0 Å². The zero-order chi connectivity index (χ0) is 14.8. The minimum atomic E-state index is 0.206. The van der Waals surface area contributed by atoms with Crippen LogP contribution in [-0.4, -0.2) is 22.4 Å². The summed E-state index contributed by atoms with van der Waals surface area (Å²) < 4.78 is 2.01. The molecule has 1 atom stereocenters. The molecule has 2 aromatic heterocycles. The number of nitrogens with zero attached hydrogens (tertiary/aromatic N) is 2. The first-order valence-electron chi connectivity index (χ1n) is 7.06. The fraction of sp³-hybridized carbons (Fsp3) is 0.294. The van der Waals surface area contributed by atoms with E-state index in [2.05, 4.69) is 29.1 Å². The molecule has 0 saturated heterocycles. The van der Waals surface area contributed by atoms with E-state index in [1.807, 2.05) is 42.1 Å². The van der Waals surface area contributed by atoms with Crippen molar-refractivity contribution in [2.75, 3.05) is 12.4 Å². The normalized spacial score (nSPS) is 16.9. The number of hydrogen-bond acceptors (Lipinski definition) is 3. The van der Waals surface area contributed by atoms with E-state index in [1.165, 1.54) is 0 Å². The van der Waals surface area contributed by atoms with Crippen LogP contribution in [0, 0.1) is 17.8 Å². The number of anilines is 1. The number of aromatic nitrogens is 2. The Morgan fingerprint density at radius 3 is 3.05 bits per heavy atom. The van der Waals surface area contributed by atoms with Gasteiger partial charge in [0.25, 0.3) is 0 Å². The van der Waals surface area contributed by atoms with Crippen LogP contribution < -0.4 is 5.32 Å². The maximum Gasteiger partial charge on any atom is 0.179 e. The molecule has 4 nitrogen and oxygen atoms in total. The number of carbonyl (C=O) groups excluding carboxylic acids is 1. The molecule has 0 spiro atoms. The molecule has 3 rings (SSSR count). The molecule has 0 aromatic carbocycles. The fourth-order valence-electron chi connectivity index (χ4n) is 2.57. The van der Waals surface area contributed by atoms with E-state index in [1.54, 1.807) is 0 Å². The molecule has 2 aromatic rings. The van der Waals surface area contributed by atoms with Gasteiger partial charge in [0.1, 0.15) is 11.5 Å². The molecular weight excluding hydrogens is 262 g/mol. The van der Waals surface area contributed by atoms with Gasteiger partial charge in [-0.1, -0.05) is 18.9 Å². The molecule has 0 aliphatic carbocycles. The fourth-order valence-corrected chi connectivity index (χ4v) is 2.57. The molecule has 1 unspecified atom stereocenters.